The first-order valence-electron chi connectivity index (χ1n) is 7.18. The molecule has 2 rings (SSSR count). The van der Waals surface area contributed by atoms with Crippen LogP contribution in [0.2, 0.25) is 0 Å². The van der Waals surface area contributed by atoms with Crippen LogP contribution in [-0.2, 0) is 23.1 Å². The molecule has 1 aliphatic heterocycles. The van der Waals surface area contributed by atoms with Crippen LogP contribution in [0.4, 0.5) is 5.69 Å². The van der Waals surface area contributed by atoms with Gasteiger partial charge in [0.1, 0.15) is 0 Å². The van der Waals surface area contributed by atoms with E-state index in [-0.39, 0.29) is 5.91 Å². The van der Waals surface area contributed by atoms with Crippen molar-refractivity contribution < 1.29 is 4.79 Å². The summed E-state index contributed by atoms with van der Waals surface area (Å²) in [6, 6.07) is 4.43. The van der Waals surface area contributed by atoms with Crippen molar-refractivity contribution in [3.63, 3.8) is 0 Å². The summed E-state index contributed by atoms with van der Waals surface area (Å²) >= 11 is 0. The van der Waals surface area contributed by atoms with Crippen molar-refractivity contribution in [2.24, 2.45) is 5.73 Å². The van der Waals surface area contributed by atoms with Crippen LogP contribution in [0.15, 0.2) is 12.1 Å². The highest BCUT2D eigenvalue weighted by Gasteiger charge is 2.39. The zero-order valence-electron chi connectivity index (χ0n) is 12.2. The van der Waals surface area contributed by atoms with Gasteiger partial charge in [-0.25, -0.2) is 0 Å². The average molecular weight is 260 g/mol. The van der Waals surface area contributed by atoms with Crippen LogP contribution in [0.5, 0.6) is 0 Å². The quantitative estimate of drug-likeness (QED) is 0.800. The van der Waals surface area contributed by atoms with Gasteiger partial charge in [-0.3, -0.25) is 4.79 Å². The third kappa shape index (κ3) is 2.52. The molecule has 0 saturated carbocycles. The number of nitrogens with one attached hydrogen (secondary N) is 1. The molecule has 1 aromatic rings. The summed E-state index contributed by atoms with van der Waals surface area (Å²) in [5, 5.41) is 3.04. The minimum atomic E-state index is -0.414. The third-order valence-corrected chi connectivity index (χ3v) is 4.06. The third-order valence-electron chi connectivity index (χ3n) is 4.06. The molecule has 3 heteroatoms. The summed E-state index contributed by atoms with van der Waals surface area (Å²) in [6.45, 7) is 6.88. The molecule has 0 atom stereocenters. The number of carbonyl (C=O) groups excluding carboxylic acids is 1. The van der Waals surface area contributed by atoms with Gasteiger partial charge in [0.15, 0.2) is 0 Å². The lowest BCUT2D eigenvalue weighted by atomic mass is 9.83. The Labute approximate surface area is 115 Å². The fourth-order valence-electron chi connectivity index (χ4n) is 2.70. The van der Waals surface area contributed by atoms with E-state index in [9.17, 15) is 4.79 Å². The monoisotopic (exact) mass is 260 g/mol. The van der Waals surface area contributed by atoms with Gasteiger partial charge in [-0.15, -0.1) is 0 Å². The maximum atomic E-state index is 12.1. The standard InChI is InChI=1S/C16H24N2O/c1-4-12-9-11(7-5-6-8-17)10-13-14(12)18-15(19)16(13,2)3/h9-10H,4-8,17H2,1-3H3,(H,18,19). The molecule has 3 nitrogen and oxygen atoms in total. The predicted molar refractivity (Wildman–Crippen MR) is 79.5 cm³/mol. The highest BCUT2D eigenvalue weighted by Crippen LogP contribution is 2.40. The van der Waals surface area contributed by atoms with Crippen LogP contribution in [0.1, 0.15) is 50.3 Å². The van der Waals surface area contributed by atoms with E-state index in [2.05, 4.69) is 24.4 Å². The molecule has 1 amide bonds. The minimum Gasteiger partial charge on any atom is -0.330 e. The number of benzene rings is 1. The molecule has 104 valence electrons. The first-order valence-corrected chi connectivity index (χ1v) is 7.18. The van der Waals surface area contributed by atoms with Crippen LogP contribution >= 0.6 is 0 Å². The molecule has 0 aliphatic carbocycles. The van der Waals surface area contributed by atoms with E-state index in [0.717, 1.165) is 43.5 Å². The maximum absolute atomic E-state index is 12.1. The Morgan fingerprint density at radius 1 is 1.26 bits per heavy atom. The van der Waals surface area contributed by atoms with E-state index in [1.807, 2.05) is 13.8 Å². The molecule has 19 heavy (non-hydrogen) atoms. The van der Waals surface area contributed by atoms with Gasteiger partial charge >= 0.3 is 0 Å². The Morgan fingerprint density at radius 2 is 2.00 bits per heavy atom. The van der Waals surface area contributed by atoms with Gasteiger partial charge in [-0.2, -0.15) is 0 Å². The Morgan fingerprint density at radius 3 is 2.63 bits per heavy atom. The van der Waals surface area contributed by atoms with Crippen molar-refractivity contribution in [1.82, 2.24) is 0 Å². The van der Waals surface area contributed by atoms with Crippen molar-refractivity contribution in [3.8, 4) is 0 Å². The molecule has 0 saturated heterocycles. The molecule has 0 bridgehead atoms. The molecular formula is C16H24N2O. The molecule has 0 radical (unpaired) electrons. The Balaban J connectivity index is 2.36. The van der Waals surface area contributed by atoms with Gasteiger partial charge in [-0.05, 0) is 62.8 Å². The number of aryl methyl sites for hydroxylation is 2. The number of hydrogen-bond acceptors (Lipinski definition) is 2. The molecule has 1 heterocycles. The highest BCUT2D eigenvalue weighted by atomic mass is 16.2. The van der Waals surface area contributed by atoms with E-state index >= 15 is 0 Å². The molecule has 1 aromatic carbocycles. The number of nitrogens with two attached hydrogens (primary N) is 1. The summed E-state index contributed by atoms with van der Waals surface area (Å²) in [5.41, 5.74) is 9.90. The van der Waals surface area contributed by atoms with E-state index in [4.69, 9.17) is 5.73 Å². The molecule has 0 spiro atoms. The molecule has 3 N–H and O–H groups in total. The number of anilines is 1. The maximum Gasteiger partial charge on any atom is 0.234 e. The van der Waals surface area contributed by atoms with Gasteiger partial charge in [-0.1, -0.05) is 19.1 Å². The first kappa shape index (κ1) is 14.1. The first-order chi connectivity index (χ1) is 9.00. The number of fused-ring (bicyclic) bond motifs is 1. The van der Waals surface area contributed by atoms with Crippen molar-refractivity contribution in [3.05, 3.63) is 28.8 Å². The summed E-state index contributed by atoms with van der Waals surface area (Å²) < 4.78 is 0. The van der Waals surface area contributed by atoms with E-state index in [1.54, 1.807) is 0 Å². The molecule has 1 aliphatic rings. The lowest BCUT2D eigenvalue weighted by Gasteiger charge is -2.17. The number of unbranched alkanes of at least 4 members (excludes halogenated alkanes) is 1. The van der Waals surface area contributed by atoms with E-state index in [0.29, 0.717) is 0 Å². The highest BCUT2D eigenvalue weighted by molar-refractivity contribution is 6.06. The van der Waals surface area contributed by atoms with Gasteiger partial charge in [0, 0.05) is 5.69 Å². The number of amides is 1. The summed E-state index contributed by atoms with van der Waals surface area (Å²) in [6.07, 6.45) is 4.16. The van der Waals surface area contributed by atoms with Crippen LogP contribution < -0.4 is 11.1 Å². The number of hydrogen-bond donors (Lipinski definition) is 2. The largest absolute Gasteiger partial charge is 0.330 e. The Kier molecular flexibility index (Phi) is 3.95. The fraction of sp³-hybridized carbons (Fsp3) is 0.562. The van der Waals surface area contributed by atoms with Crippen LogP contribution in [0.3, 0.4) is 0 Å². The van der Waals surface area contributed by atoms with Gasteiger partial charge < -0.3 is 11.1 Å². The molecular weight excluding hydrogens is 236 g/mol. The summed E-state index contributed by atoms with van der Waals surface area (Å²) in [4.78, 5) is 12.1. The molecule has 0 unspecified atom stereocenters. The summed E-state index contributed by atoms with van der Waals surface area (Å²) in [7, 11) is 0. The smallest absolute Gasteiger partial charge is 0.234 e. The van der Waals surface area contributed by atoms with E-state index < -0.39 is 5.41 Å². The minimum absolute atomic E-state index is 0.108. The topological polar surface area (TPSA) is 55.1 Å². The zero-order chi connectivity index (χ0) is 14.0. The Bertz CT molecular complexity index is 492. The van der Waals surface area contributed by atoms with Crippen molar-refractivity contribution in [1.29, 1.82) is 0 Å². The lowest BCUT2D eigenvalue weighted by molar-refractivity contribution is -0.119. The van der Waals surface area contributed by atoms with Crippen molar-refractivity contribution in [2.75, 3.05) is 11.9 Å². The van der Waals surface area contributed by atoms with Gasteiger partial charge in [0.2, 0.25) is 5.91 Å². The predicted octanol–water partition coefficient (Wildman–Crippen LogP) is 2.76. The van der Waals surface area contributed by atoms with Gasteiger partial charge in [0.25, 0.3) is 0 Å². The van der Waals surface area contributed by atoms with Crippen LogP contribution in [-0.4, -0.2) is 12.5 Å². The normalized spacial score (nSPS) is 16.3. The second-order valence-corrected chi connectivity index (χ2v) is 5.86. The fourth-order valence-corrected chi connectivity index (χ4v) is 2.70. The zero-order valence-corrected chi connectivity index (χ0v) is 12.2. The second-order valence-electron chi connectivity index (χ2n) is 5.86. The van der Waals surface area contributed by atoms with E-state index in [1.165, 1.54) is 11.1 Å². The lowest BCUT2D eigenvalue weighted by Crippen LogP contribution is -2.26. The summed E-state index contributed by atoms with van der Waals surface area (Å²) in [5.74, 6) is 0.108. The Hall–Kier alpha value is -1.35. The van der Waals surface area contributed by atoms with Crippen molar-refractivity contribution in [2.45, 2.75) is 51.9 Å². The van der Waals surface area contributed by atoms with Crippen molar-refractivity contribution >= 4 is 11.6 Å². The second kappa shape index (κ2) is 5.33. The molecule has 0 fully saturated rings. The van der Waals surface area contributed by atoms with Crippen LogP contribution in [0.25, 0.3) is 0 Å². The van der Waals surface area contributed by atoms with Gasteiger partial charge in [0.05, 0.1) is 5.41 Å². The number of carbonyl (C=O) groups is 1. The average Bonchev–Trinajstić information content (AvgIpc) is 2.61. The molecule has 0 aromatic heterocycles. The number of rotatable bonds is 5. The van der Waals surface area contributed by atoms with Crippen LogP contribution in [0, 0.1) is 0 Å². The SMILES string of the molecule is CCc1cc(CCCCN)cc2c1NC(=O)C2(C)C.